The SMILES string of the molecule is CCOc1ccc2nc(N(CCN(C)C)C(=O)CCCS(=O)(=O)c3ccc(C)cc3)sc2c1. The number of carbonyl (C=O) groups is 1. The van der Waals surface area contributed by atoms with Crippen molar-refractivity contribution in [2.45, 2.75) is 31.6 Å². The minimum absolute atomic E-state index is 0.0686. The number of thiazole rings is 1. The molecule has 0 saturated heterocycles. The van der Waals surface area contributed by atoms with Gasteiger partial charge < -0.3 is 9.64 Å². The van der Waals surface area contributed by atoms with E-state index < -0.39 is 9.84 Å². The molecule has 2 aromatic carbocycles. The maximum absolute atomic E-state index is 13.1. The van der Waals surface area contributed by atoms with Crippen molar-refractivity contribution >= 4 is 42.4 Å². The molecule has 0 aliphatic carbocycles. The molecule has 33 heavy (non-hydrogen) atoms. The van der Waals surface area contributed by atoms with Crippen molar-refractivity contribution in [3.05, 3.63) is 48.0 Å². The van der Waals surface area contributed by atoms with Gasteiger partial charge in [0, 0.05) is 19.5 Å². The summed E-state index contributed by atoms with van der Waals surface area (Å²) in [7, 11) is 0.470. The number of hydrogen-bond donors (Lipinski definition) is 0. The molecule has 7 nitrogen and oxygen atoms in total. The molecule has 0 saturated carbocycles. The predicted octanol–water partition coefficient (Wildman–Crippen LogP) is 4.15. The molecule has 1 amide bonds. The van der Waals surface area contributed by atoms with Gasteiger partial charge in [-0.25, -0.2) is 13.4 Å². The third kappa shape index (κ3) is 6.75. The first kappa shape index (κ1) is 25.1. The van der Waals surface area contributed by atoms with E-state index in [1.165, 1.54) is 11.3 Å². The summed E-state index contributed by atoms with van der Waals surface area (Å²) in [5.41, 5.74) is 1.81. The Hall–Kier alpha value is -2.49. The second kappa shape index (κ2) is 11.1. The number of carbonyl (C=O) groups excluding carboxylic acids is 1. The van der Waals surface area contributed by atoms with Crippen molar-refractivity contribution in [3.63, 3.8) is 0 Å². The number of ether oxygens (including phenoxy) is 1. The molecule has 1 heterocycles. The van der Waals surface area contributed by atoms with Gasteiger partial charge in [0.2, 0.25) is 5.91 Å². The van der Waals surface area contributed by atoms with E-state index in [9.17, 15) is 13.2 Å². The van der Waals surface area contributed by atoms with Crippen LogP contribution in [-0.2, 0) is 14.6 Å². The molecule has 0 spiro atoms. The molecule has 3 rings (SSSR count). The van der Waals surface area contributed by atoms with E-state index >= 15 is 0 Å². The van der Waals surface area contributed by atoms with Crippen LogP contribution in [0, 0.1) is 6.92 Å². The van der Waals surface area contributed by atoms with E-state index in [-0.39, 0.29) is 24.5 Å². The number of likely N-dealkylation sites (N-methyl/N-ethyl adjacent to an activating group) is 1. The number of aromatic nitrogens is 1. The summed E-state index contributed by atoms with van der Waals surface area (Å²) in [5, 5.41) is 0.617. The van der Waals surface area contributed by atoms with Crippen LogP contribution in [0.2, 0.25) is 0 Å². The molecule has 9 heteroatoms. The van der Waals surface area contributed by atoms with Crippen molar-refractivity contribution in [1.82, 2.24) is 9.88 Å². The van der Waals surface area contributed by atoms with Crippen molar-refractivity contribution < 1.29 is 17.9 Å². The van der Waals surface area contributed by atoms with Gasteiger partial charge in [-0.15, -0.1) is 0 Å². The number of anilines is 1. The smallest absolute Gasteiger partial charge is 0.228 e. The maximum Gasteiger partial charge on any atom is 0.228 e. The minimum atomic E-state index is -3.43. The molecule has 1 aromatic heterocycles. The van der Waals surface area contributed by atoms with Crippen LogP contribution in [-0.4, -0.2) is 63.8 Å². The fourth-order valence-corrected chi connectivity index (χ4v) is 5.65. The van der Waals surface area contributed by atoms with Gasteiger partial charge in [0.1, 0.15) is 5.75 Å². The molecule has 0 aliphatic heterocycles. The summed E-state index contributed by atoms with van der Waals surface area (Å²) in [6, 6.07) is 12.5. The summed E-state index contributed by atoms with van der Waals surface area (Å²) < 4.78 is 31.8. The first-order valence-electron chi connectivity index (χ1n) is 11.0. The van der Waals surface area contributed by atoms with Crippen molar-refractivity contribution in [3.8, 4) is 5.75 Å². The van der Waals surface area contributed by atoms with Gasteiger partial charge in [0.25, 0.3) is 0 Å². The summed E-state index contributed by atoms with van der Waals surface area (Å²) >= 11 is 1.44. The number of hydrogen-bond acceptors (Lipinski definition) is 7. The molecule has 0 radical (unpaired) electrons. The molecule has 0 fully saturated rings. The van der Waals surface area contributed by atoms with Crippen LogP contribution in [0.3, 0.4) is 0 Å². The summed E-state index contributed by atoms with van der Waals surface area (Å²) in [6.07, 6.45) is 0.394. The largest absolute Gasteiger partial charge is 0.494 e. The van der Waals surface area contributed by atoms with Gasteiger partial charge >= 0.3 is 0 Å². The molecule has 0 unspecified atom stereocenters. The number of amides is 1. The highest BCUT2D eigenvalue weighted by molar-refractivity contribution is 7.91. The number of rotatable bonds is 11. The Morgan fingerprint density at radius 3 is 2.48 bits per heavy atom. The summed E-state index contributed by atoms with van der Waals surface area (Å²) in [4.78, 5) is 21.7. The van der Waals surface area contributed by atoms with Crippen LogP contribution in [0.4, 0.5) is 5.13 Å². The van der Waals surface area contributed by atoms with E-state index in [0.29, 0.717) is 29.7 Å². The number of benzene rings is 2. The van der Waals surface area contributed by atoms with Crippen LogP contribution in [0.25, 0.3) is 10.2 Å². The average molecular weight is 490 g/mol. The Morgan fingerprint density at radius 2 is 1.82 bits per heavy atom. The van der Waals surface area contributed by atoms with Gasteiger partial charge in [-0.2, -0.15) is 0 Å². The van der Waals surface area contributed by atoms with Crippen LogP contribution >= 0.6 is 11.3 Å². The fraction of sp³-hybridized carbons (Fsp3) is 0.417. The normalized spacial score (nSPS) is 11.8. The van der Waals surface area contributed by atoms with Gasteiger partial charge in [-0.3, -0.25) is 9.69 Å². The van der Waals surface area contributed by atoms with Crippen molar-refractivity contribution in [1.29, 1.82) is 0 Å². The second-order valence-electron chi connectivity index (χ2n) is 8.14. The van der Waals surface area contributed by atoms with E-state index in [4.69, 9.17) is 4.74 Å². The number of aryl methyl sites for hydroxylation is 1. The third-order valence-corrected chi connectivity index (χ3v) is 8.00. The molecule has 0 bridgehead atoms. The molecular formula is C24H31N3O4S2. The third-order valence-electron chi connectivity index (χ3n) is 5.15. The topological polar surface area (TPSA) is 79.8 Å². The van der Waals surface area contributed by atoms with Crippen molar-refractivity contribution in [2.75, 3.05) is 44.4 Å². The highest BCUT2D eigenvalue weighted by Gasteiger charge is 2.21. The van der Waals surface area contributed by atoms with E-state index in [2.05, 4.69) is 4.98 Å². The Balaban J connectivity index is 1.72. The zero-order valence-corrected chi connectivity index (χ0v) is 21.2. The Labute approximate surface area is 199 Å². The van der Waals surface area contributed by atoms with Gasteiger partial charge in [0.15, 0.2) is 15.0 Å². The number of fused-ring (bicyclic) bond motifs is 1. The molecule has 3 aromatic rings. The van der Waals surface area contributed by atoms with E-state index in [0.717, 1.165) is 21.5 Å². The van der Waals surface area contributed by atoms with Crippen LogP contribution in [0.5, 0.6) is 5.75 Å². The van der Waals surface area contributed by atoms with Crippen LogP contribution in [0.15, 0.2) is 47.4 Å². The molecule has 0 N–H and O–H groups in total. The lowest BCUT2D eigenvalue weighted by atomic mass is 10.2. The van der Waals surface area contributed by atoms with Crippen molar-refractivity contribution in [2.24, 2.45) is 0 Å². The zero-order valence-electron chi connectivity index (χ0n) is 19.6. The fourth-order valence-electron chi connectivity index (χ4n) is 3.30. The first-order valence-corrected chi connectivity index (χ1v) is 13.4. The van der Waals surface area contributed by atoms with Crippen LogP contribution in [0.1, 0.15) is 25.3 Å². The molecular weight excluding hydrogens is 458 g/mol. The van der Waals surface area contributed by atoms with Gasteiger partial charge in [-0.1, -0.05) is 29.0 Å². The zero-order chi connectivity index (χ0) is 24.0. The first-order chi connectivity index (χ1) is 15.7. The lowest BCUT2D eigenvalue weighted by Gasteiger charge is -2.22. The number of nitrogens with zero attached hydrogens (tertiary/aromatic N) is 3. The Morgan fingerprint density at radius 1 is 1.09 bits per heavy atom. The molecule has 0 atom stereocenters. The van der Waals surface area contributed by atoms with Gasteiger partial charge in [0.05, 0.1) is 27.5 Å². The van der Waals surface area contributed by atoms with E-state index in [1.807, 2.05) is 51.0 Å². The lowest BCUT2D eigenvalue weighted by molar-refractivity contribution is -0.118. The quantitative estimate of drug-likeness (QED) is 0.403. The standard InChI is InChI=1S/C24H31N3O4S2/c1-5-31-19-10-13-21-22(17-19)32-24(25-21)27(15-14-26(3)4)23(28)7-6-16-33(29,30)20-11-8-18(2)9-12-20/h8-13,17H,5-7,14-16H2,1-4H3. The van der Waals surface area contributed by atoms with Crippen LogP contribution < -0.4 is 9.64 Å². The molecule has 0 aliphatic rings. The monoisotopic (exact) mass is 489 g/mol. The molecule has 178 valence electrons. The predicted molar refractivity (Wildman–Crippen MR) is 134 cm³/mol. The lowest BCUT2D eigenvalue weighted by Crippen LogP contribution is -2.36. The highest BCUT2D eigenvalue weighted by atomic mass is 32.2. The highest BCUT2D eigenvalue weighted by Crippen LogP contribution is 2.32. The number of sulfone groups is 1. The Bertz CT molecular complexity index is 1190. The minimum Gasteiger partial charge on any atom is -0.494 e. The van der Waals surface area contributed by atoms with Gasteiger partial charge in [-0.05, 0) is 64.7 Å². The Kier molecular flexibility index (Phi) is 8.45. The average Bonchev–Trinajstić information content (AvgIpc) is 3.17. The second-order valence-corrected chi connectivity index (χ2v) is 11.3. The maximum atomic E-state index is 13.1. The summed E-state index contributed by atoms with van der Waals surface area (Å²) in [6.45, 7) is 5.58. The summed E-state index contributed by atoms with van der Waals surface area (Å²) in [5.74, 6) is 0.577. The van der Waals surface area contributed by atoms with E-state index in [1.54, 1.807) is 29.2 Å².